The van der Waals surface area contributed by atoms with Gasteiger partial charge in [-0.05, 0) is 56.0 Å². The Labute approximate surface area is 156 Å². The summed E-state index contributed by atoms with van der Waals surface area (Å²) < 4.78 is 0. The summed E-state index contributed by atoms with van der Waals surface area (Å²) in [5.74, 6) is 0.720. The molecule has 2 saturated heterocycles. The predicted molar refractivity (Wildman–Crippen MR) is 103 cm³/mol. The van der Waals surface area contributed by atoms with Crippen molar-refractivity contribution in [1.29, 1.82) is 0 Å². The van der Waals surface area contributed by atoms with Crippen LogP contribution in [0.25, 0.3) is 0 Å². The monoisotopic (exact) mass is 363 g/mol. The standard InChI is InChI=1S/C20H30ClN3O/c1-3-16-9-11-24(14-18-8-5-10-22-18)19(16)20(25)23(2)13-15-6-4-7-17(21)12-15/h4,6-7,12,16,18-19,22H,3,5,8-11,13-14H2,1-2H3/t16-,18?,19-/m0/s1. The number of rotatable bonds is 6. The van der Waals surface area contributed by atoms with E-state index in [1.165, 1.54) is 12.8 Å². The summed E-state index contributed by atoms with van der Waals surface area (Å²) in [4.78, 5) is 17.5. The van der Waals surface area contributed by atoms with Gasteiger partial charge in [0.1, 0.15) is 0 Å². The molecule has 25 heavy (non-hydrogen) atoms. The fourth-order valence-corrected chi connectivity index (χ4v) is 4.54. The number of amides is 1. The summed E-state index contributed by atoms with van der Waals surface area (Å²) in [6, 6.07) is 8.35. The minimum Gasteiger partial charge on any atom is -0.340 e. The summed E-state index contributed by atoms with van der Waals surface area (Å²) >= 11 is 6.08. The van der Waals surface area contributed by atoms with Crippen LogP contribution < -0.4 is 5.32 Å². The number of nitrogens with zero attached hydrogens (tertiary/aromatic N) is 2. The number of carbonyl (C=O) groups is 1. The van der Waals surface area contributed by atoms with Crippen LogP contribution in [0.5, 0.6) is 0 Å². The Morgan fingerprint density at radius 2 is 2.24 bits per heavy atom. The normalized spacial score (nSPS) is 26.9. The minimum absolute atomic E-state index is 0.0246. The molecule has 1 N–H and O–H groups in total. The first-order valence-electron chi connectivity index (χ1n) is 9.55. The van der Waals surface area contributed by atoms with Crippen molar-refractivity contribution < 1.29 is 4.79 Å². The SMILES string of the molecule is CC[C@H]1CCN(CC2CCCN2)[C@@H]1C(=O)N(C)Cc1cccc(Cl)c1. The van der Waals surface area contributed by atoms with Crippen molar-refractivity contribution in [3.05, 3.63) is 34.9 Å². The zero-order chi connectivity index (χ0) is 17.8. The first-order valence-corrected chi connectivity index (χ1v) is 9.93. The van der Waals surface area contributed by atoms with Crippen molar-refractivity contribution in [2.45, 2.75) is 51.2 Å². The first kappa shape index (κ1) is 18.7. The Morgan fingerprint density at radius 3 is 2.92 bits per heavy atom. The molecule has 5 heteroatoms. The third-order valence-corrected chi connectivity index (χ3v) is 5.94. The van der Waals surface area contributed by atoms with E-state index in [0.29, 0.717) is 18.5 Å². The maximum absolute atomic E-state index is 13.2. The summed E-state index contributed by atoms with van der Waals surface area (Å²) in [6.07, 6.45) is 4.68. The zero-order valence-electron chi connectivity index (χ0n) is 15.4. The molecule has 2 fully saturated rings. The first-order chi connectivity index (χ1) is 12.1. The second-order valence-electron chi connectivity index (χ2n) is 7.51. The van der Waals surface area contributed by atoms with Crippen LogP contribution >= 0.6 is 11.6 Å². The molecule has 2 heterocycles. The fourth-order valence-electron chi connectivity index (χ4n) is 4.33. The second-order valence-corrected chi connectivity index (χ2v) is 7.95. The molecule has 2 aliphatic rings. The number of benzene rings is 1. The van der Waals surface area contributed by atoms with Gasteiger partial charge in [-0.25, -0.2) is 0 Å². The van der Waals surface area contributed by atoms with E-state index in [4.69, 9.17) is 11.6 Å². The molecular formula is C20H30ClN3O. The van der Waals surface area contributed by atoms with E-state index in [1.54, 1.807) is 0 Å². The Bertz CT molecular complexity index is 588. The van der Waals surface area contributed by atoms with Gasteiger partial charge in [-0.15, -0.1) is 0 Å². The Kier molecular flexibility index (Phi) is 6.37. The number of carbonyl (C=O) groups excluding carboxylic acids is 1. The molecule has 3 rings (SSSR count). The van der Waals surface area contributed by atoms with Gasteiger partial charge in [-0.3, -0.25) is 9.69 Å². The highest BCUT2D eigenvalue weighted by atomic mass is 35.5. The van der Waals surface area contributed by atoms with Crippen molar-refractivity contribution in [3.8, 4) is 0 Å². The van der Waals surface area contributed by atoms with Crippen LogP contribution in [0.4, 0.5) is 0 Å². The van der Waals surface area contributed by atoms with Crippen molar-refractivity contribution in [2.75, 3.05) is 26.7 Å². The zero-order valence-corrected chi connectivity index (χ0v) is 16.1. The number of hydrogen-bond acceptors (Lipinski definition) is 3. The largest absolute Gasteiger partial charge is 0.340 e. The van der Waals surface area contributed by atoms with Crippen molar-refractivity contribution >= 4 is 17.5 Å². The van der Waals surface area contributed by atoms with E-state index in [9.17, 15) is 4.79 Å². The van der Waals surface area contributed by atoms with E-state index in [2.05, 4.69) is 17.1 Å². The van der Waals surface area contributed by atoms with Crippen molar-refractivity contribution in [3.63, 3.8) is 0 Å². The summed E-state index contributed by atoms with van der Waals surface area (Å²) in [7, 11) is 1.92. The van der Waals surface area contributed by atoms with Gasteiger partial charge in [-0.1, -0.05) is 37.1 Å². The highest BCUT2D eigenvalue weighted by Crippen LogP contribution is 2.29. The Morgan fingerprint density at radius 1 is 1.40 bits per heavy atom. The Balaban J connectivity index is 1.67. The summed E-state index contributed by atoms with van der Waals surface area (Å²) in [5.41, 5.74) is 1.08. The smallest absolute Gasteiger partial charge is 0.240 e. The van der Waals surface area contributed by atoms with Crippen LogP contribution in [-0.4, -0.2) is 54.5 Å². The summed E-state index contributed by atoms with van der Waals surface area (Å²) in [5, 5.41) is 4.29. The predicted octanol–water partition coefficient (Wildman–Crippen LogP) is 3.15. The number of hydrogen-bond donors (Lipinski definition) is 1. The molecular weight excluding hydrogens is 334 g/mol. The molecule has 4 nitrogen and oxygen atoms in total. The number of nitrogens with one attached hydrogen (secondary N) is 1. The molecule has 0 bridgehead atoms. The van der Waals surface area contributed by atoms with E-state index in [0.717, 1.165) is 43.1 Å². The third kappa shape index (κ3) is 4.55. The molecule has 0 aliphatic carbocycles. The van der Waals surface area contributed by atoms with Crippen LogP contribution in [0, 0.1) is 5.92 Å². The molecule has 0 spiro atoms. The average Bonchev–Trinajstić information content (AvgIpc) is 3.24. The van der Waals surface area contributed by atoms with Crippen LogP contribution in [0.1, 0.15) is 38.2 Å². The van der Waals surface area contributed by atoms with Crippen LogP contribution in [0.3, 0.4) is 0 Å². The number of halogens is 1. The highest BCUT2D eigenvalue weighted by molar-refractivity contribution is 6.30. The minimum atomic E-state index is 0.0246. The van der Waals surface area contributed by atoms with Gasteiger partial charge in [0.05, 0.1) is 6.04 Å². The lowest BCUT2D eigenvalue weighted by Gasteiger charge is -2.32. The van der Waals surface area contributed by atoms with Gasteiger partial charge >= 0.3 is 0 Å². The second kappa shape index (κ2) is 8.52. The van der Waals surface area contributed by atoms with E-state index in [1.807, 2.05) is 36.2 Å². The topological polar surface area (TPSA) is 35.6 Å². The molecule has 1 unspecified atom stereocenters. The maximum atomic E-state index is 13.2. The van der Waals surface area contributed by atoms with Gasteiger partial charge in [0.2, 0.25) is 5.91 Å². The molecule has 3 atom stereocenters. The van der Waals surface area contributed by atoms with Gasteiger partial charge in [0.25, 0.3) is 0 Å². The molecule has 0 aromatic heterocycles. The molecule has 138 valence electrons. The summed E-state index contributed by atoms with van der Waals surface area (Å²) in [6.45, 7) is 5.97. The van der Waals surface area contributed by atoms with E-state index >= 15 is 0 Å². The van der Waals surface area contributed by atoms with Crippen molar-refractivity contribution in [1.82, 2.24) is 15.1 Å². The average molecular weight is 364 g/mol. The lowest BCUT2D eigenvalue weighted by Crippen LogP contribution is -2.49. The molecule has 2 aliphatic heterocycles. The Hall–Kier alpha value is -1.10. The lowest BCUT2D eigenvalue weighted by molar-refractivity contribution is -0.136. The van der Waals surface area contributed by atoms with Gasteiger partial charge < -0.3 is 10.2 Å². The highest BCUT2D eigenvalue weighted by Gasteiger charge is 2.40. The fraction of sp³-hybridized carbons (Fsp3) is 0.650. The third-order valence-electron chi connectivity index (χ3n) is 5.71. The molecule has 1 amide bonds. The molecule has 0 radical (unpaired) electrons. The van der Waals surface area contributed by atoms with Gasteiger partial charge in [0, 0.05) is 31.2 Å². The molecule has 1 aromatic rings. The number of likely N-dealkylation sites (N-methyl/N-ethyl adjacent to an activating group) is 1. The molecule has 1 aromatic carbocycles. The van der Waals surface area contributed by atoms with Crippen LogP contribution in [0.2, 0.25) is 5.02 Å². The van der Waals surface area contributed by atoms with E-state index < -0.39 is 0 Å². The van der Waals surface area contributed by atoms with E-state index in [-0.39, 0.29) is 11.9 Å². The van der Waals surface area contributed by atoms with Crippen molar-refractivity contribution in [2.24, 2.45) is 5.92 Å². The van der Waals surface area contributed by atoms with Gasteiger partial charge in [-0.2, -0.15) is 0 Å². The van der Waals surface area contributed by atoms with Crippen LogP contribution in [-0.2, 0) is 11.3 Å². The molecule has 0 saturated carbocycles. The van der Waals surface area contributed by atoms with Gasteiger partial charge in [0.15, 0.2) is 0 Å². The lowest BCUT2D eigenvalue weighted by atomic mass is 9.96. The quantitative estimate of drug-likeness (QED) is 0.843. The van der Waals surface area contributed by atoms with Crippen LogP contribution in [0.15, 0.2) is 24.3 Å². The maximum Gasteiger partial charge on any atom is 0.240 e. The number of likely N-dealkylation sites (tertiary alicyclic amines) is 1.